The van der Waals surface area contributed by atoms with Gasteiger partial charge in [-0.15, -0.1) is 0 Å². The molecule has 0 heterocycles. The molecule has 2 nitrogen and oxygen atoms in total. The van der Waals surface area contributed by atoms with Gasteiger partial charge in [-0.3, -0.25) is 4.79 Å². The Kier molecular flexibility index (Phi) is 3.42. The largest absolute Gasteiger partial charge is 0.481 e. The van der Waals surface area contributed by atoms with Gasteiger partial charge in [-0.25, -0.2) is 4.39 Å². The van der Waals surface area contributed by atoms with Crippen LogP contribution in [0.15, 0.2) is 42.5 Å². The van der Waals surface area contributed by atoms with Crippen molar-refractivity contribution in [3.05, 3.63) is 59.4 Å². The number of hydrogen-bond donors (Lipinski definition) is 1. The molecule has 0 bridgehead atoms. The summed E-state index contributed by atoms with van der Waals surface area (Å²) in [7, 11) is 0. The van der Waals surface area contributed by atoms with E-state index in [0.717, 1.165) is 11.1 Å². The second-order valence-electron chi connectivity index (χ2n) is 4.24. The minimum atomic E-state index is -0.891. The van der Waals surface area contributed by atoms with Gasteiger partial charge in [-0.2, -0.15) is 0 Å². The predicted octanol–water partition coefficient (Wildman–Crippen LogP) is 3.43. The number of halogens is 1. The maximum absolute atomic E-state index is 13.2. The molecule has 0 aliphatic heterocycles. The molecular formula is C15H13FO2. The van der Waals surface area contributed by atoms with Crippen LogP contribution in [0.3, 0.4) is 0 Å². The van der Waals surface area contributed by atoms with E-state index in [4.69, 9.17) is 5.11 Å². The molecule has 18 heavy (non-hydrogen) atoms. The molecule has 0 spiro atoms. The van der Waals surface area contributed by atoms with Crippen molar-refractivity contribution in [1.29, 1.82) is 0 Å². The van der Waals surface area contributed by atoms with Gasteiger partial charge in [0.25, 0.3) is 0 Å². The second kappa shape index (κ2) is 5.00. The average Bonchev–Trinajstić information content (AvgIpc) is 2.28. The van der Waals surface area contributed by atoms with Crippen molar-refractivity contribution in [2.24, 2.45) is 0 Å². The predicted molar refractivity (Wildman–Crippen MR) is 67.9 cm³/mol. The zero-order chi connectivity index (χ0) is 13.1. The Morgan fingerprint density at radius 3 is 2.67 bits per heavy atom. The van der Waals surface area contributed by atoms with Gasteiger partial charge in [0, 0.05) is 0 Å². The zero-order valence-electron chi connectivity index (χ0n) is 9.98. The molecule has 0 fully saturated rings. The van der Waals surface area contributed by atoms with E-state index in [2.05, 4.69) is 0 Å². The average molecular weight is 244 g/mol. The summed E-state index contributed by atoms with van der Waals surface area (Å²) in [6, 6.07) is 11.7. The van der Waals surface area contributed by atoms with Crippen LogP contribution in [-0.4, -0.2) is 11.1 Å². The van der Waals surface area contributed by atoms with Gasteiger partial charge in [-0.1, -0.05) is 35.9 Å². The van der Waals surface area contributed by atoms with Crippen molar-refractivity contribution in [3.8, 4) is 11.1 Å². The quantitative estimate of drug-likeness (QED) is 0.898. The van der Waals surface area contributed by atoms with Crippen LogP contribution in [0.5, 0.6) is 0 Å². The first-order valence-corrected chi connectivity index (χ1v) is 5.63. The number of carboxylic acids is 1. The molecule has 0 aliphatic carbocycles. The van der Waals surface area contributed by atoms with Crippen molar-refractivity contribution in [2.45, 2.75) is 13.3 Å². The molecule has 2 rings (SSSR count). The van der Waals surface area contributed by atoms with Crippen LogP contribution in [-0.2, 0) is 11.2 Å². The fraction of sp³-hybridized carbons (Fsp3) is 0.133. The number of rotatable bonds is 3. The van der Waals surface area contributed by atoms with Gasteiger partial charge in [-0.05, 0) is 35.7 Å². The van der Waals surface area contributed by atoms with Crippen LogP contribution in [0.25, 0.3) is 11.1 Å². The van der Waals surface area contributed by atoms with E-state index < -0.39 is 5.97 Å². The summed E-state index contributed by atoms with van der Waals surface area (Å²) in [5.74, 6) is -1.22. The lowest BCUT2D eigenvalue weighted by Gasteiger charge is -2.09. The van der Waals surface area contributed by atoms with Gasteiger partial charge in [0.2, 0.25) is 0 Å². The molecule has 1 N–H and O–H groups in total. The Balaban J connectivity index is 2.52. The molecule has 0 amide bonds. The Labute approximate surface area is 105 Å². The molecule has 0 aliphatic rings. The summed E-state index contributed by atoms with van der Waals surface area (Å²) in [5.41, 5.74) is 3.16. The van der Waals surface area contributed by atoms with E-state index >= 15 is 0 Å². The SMILES string of the molecule is Cc1ccc(-c2cccc(F)c2)c(CC(=O)O)c1. The first-order valence-electron chi connectivity index (χ1n) is 5.63. The molecule has 3 heteroatoms. The maximum atomic E-state index is 13.2. The number of benzene rings is 2. The van der Waals surface area contributed by atoms with Gasteiger partial charge < -0.3 is 5.11 Å². The fourth-order valence-electron chi connectivity index (χ4n) is 1.97. The summed E-state index contributed by atoms with van der Waals surface area (Å²) in [5, 5.41) is 8.91. The number of carbonyl (C=O) groups is 1. The van der Waals surface area contributed by atoms with E-state index in [1.807, 2.05) is 25.1 Å². The van der Waals surface area contributed by atoms with Crippen LogP contribution in [0.1, 0.15) is 11.1 Å². The monoisotopic (exact) mass is 244 g/mol. The van der Waals surface area contributed by atoms with Crippen LogP contribution >= 0.6 is 0 Å². The van der Waals surface area contributed by atoms with Gasteiger partial charge in [0.1, 0.15) is 5.82 Å². The normalized spacial score (nSPS) is 10.3. The van der Waals surface area contributed by atoms with E-state index in [9.17, 15) is 9.18 Å². The van der Waals surface area contributed by atoms with Gasteiger partial charge in [0.05, 0.1) is 6.42 Å². The van der Waals surface area contributed by atoms with E-state index in [-0.39, 0.29) is 12.2 Å². The Morgan fingerprint density at radius 2 is 2.00 bits per heavy atom. The first-order chi connectivity index (χ1) is 8.56. The van der Waals surface area contributed by atoms with Crippen molar-refractivity contribution in [3.63, 3.8) is 0 Å². The smallest absolute Gasteiger partial charge is 0.307 e. The Hall–Kier alpha value is -2.16. The van der Waals surface area contributed by atoms with Crippen LogP contribution < -0.4 is 0 Å². The number of aryl methyl sites for hydroxylation is 1. The van der Waals surface area contributed by atoms with Gasteiger partial charge >= 0.3 is 5.97 Å². The lowest BCUT2D eigenvalue weighted by molar-refractivity contribution is -0.136. The van der Waals surface area contributed by atoms with Crippen LogP contribution in [0, 0.1) is 12.7 Å². The highest BCUT2D eigenvalue weighted by Gasteiger charge is 2.09. The zero-order valence-corrected chi connectivity index (χ0v) is 9.98. The highest BCUT2D eigenvalue weighted by molar-refractivity contribution is 5.76. The molecule has 0 atom stereocenters. The fourth-order valence-corrected chi connectivity index (χ4v) is 1.97. The summed E-state index contributed by atoms with van der Waals surface area (Å²) in [4.78, 5) is 10.9. The second-order valence-corrected chi connectivity index (χ2v) is 4.24. The Morgan fingerprint density at radius 1 is 1.22 bits per heavy atom. The minimum Gasteiger partial charge on any atom is -0.481 e. The van der Waals surface area contributed by atoms with Crippen molar-refractivity contribution < 1.29 is 14.3 Å². The Bertz CT molecular complexity index is 591. The lowest BCUT2D eigenvalue weighted by atomic mass is 9.96. The lowest BCUT2D eigenvalue weighted by Crippen LogP contribution is -2.02. The minimum absolute atomic E-state index is 0.0620. The highest BCUT2D eigenvalue weighted by Crippen LogP contribution is 2.25. The molecule has 92 valence electrons. The molecule has 0 aromatic heterocycles. The van der Waals surface area contributed by atoms with E-state index in [0.29, 0.717) is 11.1 Å². The number of carboxylic acid groups (broad SMARTS) is 1. The molecule has 0 saturated carbocycles. The number of hydrogen-bond acceptors (Lipinski definition) is 1. The third-order valence-corrected chi connectivity index (χ3v) is 2.74. The molecular weight excluding hydrogens is 231 g/mol. The van der Waals surface area contributed by atoms with E-state index in [1.165, 1.54) is 12.1 Å². The summed E-state index contributed by atoms with van der Waals surface area (Å²) >= 11 is 0. The first kappa shape index (κ1) is 12.3. The molecule has 2 aromatic carbocycles. The highest BCUT2D eigenvalue weighted by atomic mass is 19.1. The van der Waals surface area contributed by atoms with Crippen molar-refractivity contribution in [1.82, 2.24) is 0 Å². The topological polar surface area (TPSA) is 37.3 Å². The van der Waals surface area contributed by atoms with Crippen molar-refractivity contribution in [2.75, 3.05) is 0 Å². The summed E-state index contributed by atoms with van der Waals surface area (Å²) in [6.07, 6.45) is -0.0620. The van der Waals surface area contributed by atoms with Gasteiger partial charge in [0.15, 0.2) is 0 Å². The van der Waals surface area contributed by atoms with Crippen molar-refractivity contribution >= 4 is 5.97 Å². The third kappa shape index (κ3) is 2.74. The summed E-state index contributed by atoms with van der Waals surface area (Å²) < 4.78 is 13.2. The maximum Gasteiger partial charge on any atom is 0.307 e. The van der Waals surface area contributed by atoms with Crippen LogP contribution in [0.2, 0.25) is 0 Å². The molecule has 0 radical (unpaired) electrons. The standard InChI is InChI=1S/C15H13FO2/c1-10-5-6-14(12(7-10)9-15(17)18)11-3-2-4-13(16)8-11/h2-8H,9H2,1H3,(H,17,18). The third-order valence-electron chi connectivity index (χ3n) is 2.74. The van der Waals surface area contributed by atoms with E-state index in [1.54, 1.807) is 12.1 Å². The molecule has 2 aromatic rings. The molecule has 0 saturated heterocycles. The van der Waals surface area contributed by atoms with Crippen LogP contribution in [0.4, 0.5) is 4.39 Å². The summed E-state index contributed by atoms with van der Waals surface area (Å²) in [6.45, 7) is 1.90. The number of aliphatic carboxylic acids is 1. The molecule has 0 unspecified atom stereocenters.